The van der Waals surface area contributed by atoms with Gasteiger partial charge in [-0.1, -0.05) is 12.1 Å². The average Bonchev–Trinajstić information content (AvgIpc) is 2.44. The van der Waals surface area contributed by atoms with Crippen molar-refractivity contribution in [2.24, 2.45) is 0 Å². The minimum Gasteiger partial charge on any atom is -0.399 e. The van der Waals surface area contributed by atoms with Crippen molar-refractivity contribution in [2.45, 2.75) is 26.3 Å². The summed E-state index contributed by atoms with van der Waals surface area (Å²) < 4.78 is 0. The summed E-state index contributed by atoms with van der Waals surface area (Å²) >= 11 is 0. The van der Waals surface area contributed by atoms with Crippen LogP contribution >= 0.6 is 0 Å². The Balaban J connectivity index is 1.98. The fraction of sp³-hybridized carbons (Fsp3) is 0.267. The van der Waals surface area contributed by atoms with Crippen molar-refractivity contribution in [2.75, 3.05) is 5.73 Å². The molecule has 1 atom stereocenters. The van der Waals surface area contributed by atoms with Crippen LogP contribution < -0.4 is 11.1 Å². The van der Waals surface area contributed by atoms with Gasteiger partial charge in [0.05, 0.1) is 18.2 Å². The van der Waals surface area contributed by atoms with E-state index in [1.54, 1.807) is 18.3 Å². The second-order valence-electron chi connectivity index (χ2n) is 4.70. The molecule has 104 valence electrons. The van der Waals surface area contributed by atoms with Gasteiger partial charge in [0.15, 0.2) is 0 Å². The minimum absolute atomic E-state index is 0.0492. The zero-order valence-electron chi connectivity index (χ0n) is 11.6. The molecule has 2 aromatic rings. The number of benzene rings is 1. The second-order valence-corrected chi connectivity index (χ2v) is 4.70. The fourth-order valence-electron chi connectivity index (χ4n) is 1.91. The highest BCUT2D eigenvalue weighted by Gasteiger charge is 2.15. The molecule has 20 heavy (non-hydrogen) atoms. The van der Waals surface area contributed by atoms with E-state index in [0.717, 1.165) is 11.3 Å². The second kappa shape index (κ2) is 6.14. The Morgan fingerprint density at radius 3 is 2.90 bits per heavy atom. The van der Waals surface area contributed by atoms with Gasteiger partial charge in [-0.2, -0.15) is 0 Å². The molecule has 1 aromatic carbocycles. The number of carbonyl (C=O) groups is 1. The largest absolute Gasteiger partial charge is 0.399 e. The molecule has 0 aliphatic carbocycles. The highest BCUT2D eigenvalue weighted by Crippen LogP contribution is 2.17. The Hall–Kier alpha value is -2.43. The first kappa shape index (κ1) is 14.0. The topological polar surface area (TPSA) is 80.9 Å². The molecule has 2 rings (SSSR count). The zero-order chi connectivity index (χ0) is 14.5. The number of amides is 1. The summed E-state index contributed by atoms with van der Waals surface area (Å²) in [6.07, 6.45) is 1.69. The number of carbonyl (C=O) groups excluding carboxylic acids is 1. The van der Waals surface area contributed by atoms with Crippen molar-refractivity contribution < 1.29 is 4.79 Å². The van der Waals surface area contributed by atoms with Crippen molar-refractivity contribution in [1.29, 1.82) is 0 Å². The number of rotatable bonds is 4. The monoisotopic (exact) mass is 270 g/mol. The van der Waals surface area contributed by atoms with Crippen LogP contribution in [0.15, 0.2) is 36.5 Å². The van der Waals surface area contributed by atoms with Crippen molar-refractivity contribution >= 4 is 11.6 Å². The summed E-state index contributed by atoms with van der Waals surface area (Å²) in [5, 5.41) is 2.87. The smallest absolute Gasteiger partial charge is 0.227 e. The molecule has 5 heteroatoms. The Bertz CT molecular complexity index is 612. The lowest BCUT2D eigenvalue weighted by Crippen LogP contribution is -2.28. The molecule has 0 aliphatic rings. The first-order chi connectivity index (χ1) is 9.56. The third kappa shape index (κ3) is 3.54. The van der Waals surface area contributed by atoms with E-state index in [1.807, 2.05) is 32.0 Å². The van der Waals surface area contributed by atoms with Crippen molar-refractivity contribution in [1.82, 2.24) is 15.3 Å². The molecule has 5 nitrogen and oxygen atoms in total. The third-order valence-electron chi connectivity index (χ3n) is 3.08. The van der Waals surface area contributed by atoms with Gasteiger partial charge in [0.2, 0.25) is 5.91 Å². The molecule has 0 fully saturated rings. The summed E-state index contributed by atoms with van der Waals surface area (Å²) in [6.45, 7) is 4.07. The van der Waals surface area contributed by atoms with E-state index in [0.29, 0.717) is 18.1 Å². The molecule has 3 N–H and O–H groups in total. The molecule has 0 bridgehead atoms. The van der Waals surface area contributed by atoms with Crippen molar-refractivity contribution in [3.05, 3.63) is 53.6 Å². The van der Waals surface area contributed by atoms with Gasteiger partial charge in [0, 0.05) is 11.9 Å². The van der Waals surface area contributed by atoms with Crippen LogP contribution in [0, 0.1) is 6.92 Å². The number of hydrogen-bond acceptors (Lipinski definition) is 4. The summed E-state index contributed by atoms with van der Waals surface area (Å²) in [5.41, 5.74) is 8.09. The lowest BCUT2D eigenvalue weighted by Gasteiger charge is -2.13. The number of hydrogen-bond donors (Lipinski definition) is 2. The number of nitrogen functional groups attached to an aromatic ring is 1. The van der Waals surface area contributed by atoms with Crippen LogP contribution in [0.25, 0.3) is 0 Å². The van der Waals surface area contributed by atoms with Gasteiger partial charge in [-0.05, 0) is 37.6 Å². The quantitative estimate of drug-likeness (QED) is 0.830. The standard InChI is InChI=1S/C15H18N4O/c1-10(12-4-3-5-13(16)8-12)15(20)18-9-14-6-7-17-11(2)19-14/h3-8,10H,9,16H2,1-2H3,(H,18,20). The van der Waals surface area contributed by atoms with Crippen LogP contribution in [0.2, 0.25) is 0 Å². The minimum atomic E-state index is -0.249. The van der Waals surface area contributed by atoms with Gasteiger partial charge in [0.25, 0.3) is 0 Å². The number of nitrogens with two attached hydrogens (primary N) is 1. The third-order valence-corrected chi connectivity index (χ3v) is 3.08. The molecule has 0 spiro atoms. The Kier molecular flexibility index (Phi) is 4.30. The molecule has 1 heterocycles. The molecule has 1 amide bonds. The van der Waals surface area contributed by atoms with Crippen LogP contribution in [0.5, 0.6) is 0 Å². The van der Waals surface area contributed by atoms with E-state index in [9.17, 15) is 4.79 Å². The Labute approximate surface area is 118 Å². The fourth-order valence-corrected chi connectivity index (χ4v) is 1.91. The maximum Gasteiger partial charge on any atom is 0.227 e. The van der Waals surface area contributed by atoms with E-state index in [4.69, 9.17) is 5.73 Å². The number of nitrogens with zero attached hydrogens (tertiary/aromatic N) is 2. The van der Waals surface area contributed by atoms with E-state index in [1.165, 1.54) is 0 Å². The summed E-state index contributed by atoms with van der Waals surface area (Å²) in [5.74, 6) is 0.397. The van der Waals surface area contributed by atoms with Gasteiger partial charge >= 0.3 is 0 Å². The predicted octanol–water partition coefficient (Wildman–Crippen LogP) is 1.79. The number of anilines is 1. The van der Waals surface area contributed by atoms with Gasteiger partial charge < -0.3 is 11.1 Å². The molecular formula is C15H18N4O. The molecular weight excluding hydrogens is 252 g/mol. The van der Waals surface area contributed by atoms with Crippen LogP contribution in [0.4, 0.5) is 5.69 Å². The van der Waals surface area contributed by atoms with Crippen molar-refractivity contribution in [3.8, 4) is 0 Å². The highest BCUT2D eigenvalue weighted by molar-refractivity contribution is 5.83. The Morgan fingerprint density at radius 1 is 1.40 bits per heavy atom. The summed E-state index contributed by atoms with van der Waals surface area (Å²) in [4.78, 5) is 20.4. The summed E-state index contributed by atoms with van der Waals surface area (Å²) in [6, 6.07) is 9.16. The van der Waals surface area contributed by atoms with Gasteiger partial charge in [-0.3, -0.25) is 4.79 Å². The lowest BCUT2D eigenvalue weighted by atomic mass is 10.00. The van der Waals surface area contributed by atoms with E-state index >= 15 is 0 Å². The summed E-state index contributed by atoms with van der Waals surface area (Å²) in [7, 11) is 0. The number of aromatic nitrogens is 2. The highest BCUT2D eigenvalue weighted by atomic mass is 16.1. The molecule has 1 unspecified atom stereocenters. The normalized spacial score (nSPS) is 11.9. The number of aryl methyl sites for hydroxylation is 1. The van der Waals surface area contributed by atoms with E-state index in [2.05, 4.69) is 15.3 Å². The van der Waals surface area contributed by atoms with Gasteiger partial charge in [0.1, 0.15) is 5.82 Å². The van der Waals surface area contributed by atoms with E-state index in [-0.39, 0.29) is 11.8 Å². The molecule has 1 aromatic heterocycles. The van der Waals surface area contributed by atoms with Crippen LogP contribution in [-0.4, -0.2) is 15.9 Å². The number of nitrogens with one attached hydrogen (secondary N) is 1. The molecule has 0 saturated heterocycles. The maximum atomic E-state index is 12.1. The predicted molar refractivity (Wildman–Crippen MR) is 77.9 cm³/mol. The van der Waals surface area contributed by atoms with Crippen molar-refractivity contribution in [3.63, 3.8) is 0 Å². The van der Waals surface area contributed by atoms with E-state index < -0.39 is 0 Å². The van der Waals surface area contributed by atoms with Crippen LogP contribution in [-0.2, 0) is 11.3 Å². The van der Waals surface area contributed by atoms with Crippen LogP contribution in [0.1, 0.15) is 29.9 Å². The van der Waals surface area contributed by atoms with Gasteiger partial charge in [-0.25, -0.2) is 9.97 Å². The molecule has 0 saturated carbocycles. The Morgan fingerprint density at radius 2 is 2.20 bits per heavy atom. The first-order valence-corrected chi connectivity index (χ1v) is 6.48. The molecule has 0 aliphatic heterocycles. The average molecular weight is 270 g/mol. The van der Waals surface area contributed by atoms with Crippen LogP contribution in [0.3, 0.4) is 0 Å². The molecule has 0 radical (unpaired) electrons. The lowest BCUT2D eigenvalue weighted by molar-refractivity contribution is -0.122. The zero-order valence-corrected chi connectivity index (χ0v) is 11.6. The van der Waals surface area contributed by atoms with Gasteiger partial charge in [-0.15, -0.1) is 0 Å². The SMILES string of the molecule is Cc1nccc(CNC(=O)C(C)c2cccc(N)c2)n1. The maximum absolute atomic E-state index is 12.1. The first-order valence-electron chi connectivity index (χ1n) is 6.48.